The first-order valence-electron chi connectivity index (χ1n) is 4.95. The van der Waals surface area contributed by atoms with Gasteiger partial charge >= 0.3 is 0 Å². The van der Waals surface area contributed by atoms with Crippen molar-refractivity contribution in [1.29, 1.82) is 5.26 Å². The summed E-state index contributed by atoms with van der Waals surface area (Å²) in [6.07, 6.45) is 0. The zero-order chi connectivity index (χ0) is 12.2. The van der Waals surface area contributed by atoms with Crippen LogP contribution >= 0.6 is 0 Å². The fourth-order valence-corrected chi connectivity index (χ4v) is 2.57. The van der Waals surface area contributed by atoms with Crippen LogP contribution in [0.5, 0.6) is 0 Å². The van der Waals surface area contributed by atoms with Gasteiger partial charge in [-0.3, -0.25) is 4.31 Å². The number of nitriles is 1. The molecule has 0 aliphatic rings. The Bertz CT molecular complexity index is 486. The largest absolute Gasteiger partial charge is 0.270 e. The summed E-state index contributed by atoms with van der Waals surface area (Å²) in [6, 6.07) is 8.86. The highest BCUT2D eigenvalue weighted by Gasteiger charge is 2.20. The van der Waals surface area contributed by atoms with E-state index in [9.17, 15) is 8.42 Å². The third kappa shape index (κ3) is 2.74. The van der Waals surface area contributed by atoms with Crippen molar-refractivity contribution < 1.29 is 8.42 Å². The topological polar surface area (TPSA) is 61.2 Å². The third-order valence-corrected chi connectivity index (χ3v) is 3.83. The number of nitrogens with zero attached hydrogens (tertiary/aromatic N) is 2. The molecule has 1 aromatic carbocycles. The number of benzene rings is 1. The predicted molar refractivity (Wildman–Crippen MR) is 63.6 cm³/mol. The van der Waals surface area contributed by atoms with Gasteiger partial charge in [-0.25, -0.2) is 8.42 Å². The van der Waals surface area contributed by atoms with Gasteiger partial charge in [0.15, 0.2) is 5.75 Å². The lowest BCUT2D eigenvalue weighted by Crippen LogP contribution is -2.32. The summed E-state index contributed by atoms with van der Waals surface area (Å²) in [5.41, 5.74) is 1.67. The number of aryl methyl sites for hydroxylation is 1. The quantitative estimate of drug-likeness (QED) is 0.801. The fraction of sp³-hybridized carbons (Fsp3) is 0.364. The van der Waals surface area contributed by atoms with E-state index in [-0.39, 0.29) is 0 Å². The number of hydrogen-bond donors (Lipinski definition) is 0. The molecule has 1 aromatic rings. The molecule has 0 unspecified atom stereocenters. The monoisotopic (exact) mass is 238 g/mol. The molecule has 0 heterocycles. The molecule has 0 saturated carbocycles. The molecule has 0 aliphatic heterocycles. The van der Waals surface area contributed by atoms with Crippen molar-refractivity contribution in [2.45, 2.75) is 13.8 Å². The summed E-state index contributed by atoms with van der Waals surface area (Å²) < 4.78 is 24.7. The summed E-state index contributed by atoms with van der Waals surface area (Å²) in [6.45, 7) is 4.01. The number of rotatable bonds is 4. The minimum atomic E-state index is -3.52. The molecule has 0 amide bonds. The average Bonchev–Trinajstić information content (AvgIpc) is 2.21. The molecule has 5 heteroatoms. The van der Waals surface area contributed by atoms with E-state index < -0.39 is 15.8 Å². The molecular weight excluding hydrogens is 224 g/mol. The van der Waals surface area contributed by atoms with Gasteiger partial charge in [0.2, 0.25) is 10.0 Å². The molecular formula is C11H14N2O2S. The Labute approximate surface area is 96.2 Å². The highest BCUT2D eigenvalue weighted by Crippen LogP contribution is 2.18. The van der Waals surface area contributed by atoms with Crippen molar-refractivity contribution >= 4 is 15.7 Å². The van der Waals surface area contributed by atoms with E-state index >= 15 is 0 Å². The van der Waals surface area contributed by atoms with E-state index in [1.807, 2.05) is 19.1 Å². The Kier molecular flexibility index (Phi) is 3.91. The van der Waals surface area contributed by atoms with Crippen LogP contribution < -0.4 is 4.31 Å². The van der Waals surface area contributed by atoms with Crippen LogP contribution in [0, 0.1) is 18.3 Å². The lowest BCUT2D eigenvalue weighted by atomic mass is 10.2. The Morgan fingerprint density at radius 1 is 1.31 bits per heavy atom. The average molecular weight is 238 g/mol. The third-order valence-electron chi connectivity index (χ3n) is 2.19. The van der Waals surface area contributed by atoms with Gasteiger partial charge in [0, 0.05) is 6.54 Å². The fourth-order valence-electron chi connectivity index (χ4n) is 1.41. The van der Waals surface area contributed by atoms with Crippen molar-refractivity contribution in [1.82, 2.24) is 0 Å². The van der Waals surface area contributed by atoms with Crippen molar-refractivity contribution in [3.05, 3.63) is 29.8 Å². The molecule has 0 saturated heterocycles. The van der Waals surface area contributed by atoms with E-state index in [4.69, 9.17) is 5.26 Å². The van der Waals surface area contributed by atoms with Gasteiger partial charge in [-0.2, -0.15) is 5.26 Å². The van der Waals surface area contributed by atoms with E-state index in [2.05, 4.69) is 0 Å². The highest BCUT2D eigenvalue weighted by molar-refractivity contribution is 7.93. The first-order valence-corrected chi connectivity index (χ1v) is 6.56. The van der Waals surface area contributed by atoms with Crippen LogP contribution in [0.25, 0.3) is 0 Å². The van der Waals surface area contributed by atoms with Gasteiger partial charge < -0.3 is 0 Å². The normalized spacial score (nSPS) is 10.8. The Hall–Kier alpha value is -1.54. The van der Waals surface area contributed by atoms with Crippen LogP contribution in [0.15, 0.2) is 24.3 Å². The first kappa shape index (κ1) is 12.5. The molecule has 0 bridgehead atoms. The second-order valence-corrected chi connectivity index (χ2v) is 5.31. The lowest BCUT2D eigenvalue weighted by molar-refractivity contribution is 0.595. The molecule has 0 fully saturated rings. The second-order valence-electron chi connectivity index (χ2n) is 3.41. The molecule has 0 aliphatic carbocycles. The van der Waals surface area contributed by atoms with E-state index in [0.717, 1.165) is 5.56 Å². The molecule has 1 rings (SSSR count). The maximum Gasteiger partial charge on any atom is 0.248 e. The smallest absolute Gasteiger partial charge is 0.248 e. The molecule has 16 heavy (non-hydrogen) atoms. The van der Waals surface area contributed by atoms with Crippen LogP contribution in [-0.2, 0) is 10.0 Å². The predicted octanol–water partition coefficient (Wildman–Crippen LogP) is 1.67. The van der Waals surface area contributed by atoms with Gasteiger partial charge in [-0.1, -0.05) is 17.7 Å². The van der Waals surface area contributed by atoms with Crippen molar-refractivity contribution in [3.8, 4) is 6.07 Å². The van der Waals surface area contributed by atoms with Gasteiger partial charge in [0.25, 0.3) is 0 Å². The Morgan fingerprint density at radius 2 is 1.88 bits per heavy atom. The maximum absolute atomic E-state index is 11.8. The van der Waals surface area contributed by atoms with Crippen molar-refractivity contribution in [3.63, 3.8) is 0 Å². The molecule has 0 N–H and O–H groups in total. The van der Waals surface area contributed by atoms with Crippen LogP contribution in [0.2, 0.25) is 0 Å². The lowest BCUT2D eigenvalue weighted by Gasteiger charge is -2.21. The van der Waals surface area contributed by atoms with Gasteiger partial charge in [-0.15, -0.1) is 0 Å². The summed E-state index contributed by atoms with van der Waals surface area (Å²) >= 11 is 0. The Morgan fingerprint density at radius 3 is 2.31 bits per heavy atom. The zero-order valence-corrected chi connectivity index (χ0v) is 10.2. The van der Waals surface area contributed by atoms with Crippen LogP contribution in [0.4, 0.5) is 5.69 Å². The maximum atomic E-state index is 11.8. The van der Waals surface area contributed by atoms with E-state index in [0.29, 0.717) is 12.2 Å². The summed E-state index contributed by atoms with van der Waals surface area (Å²) in [7, 11) is -3.52. The van der Waals surface area contributed by atoms with Crippen LogP contribution in [-0.4, -0.2) is 20.7 Å². The van der Waals surface area contributed by atoms with Gasteiger partial charge in [0.1, 0.15) is 0 Å². The first-order chi connectivity index (χ1) is 7.51. The van der Waals surface area contributed by atoms with E-state index in [1.165, 1.54) is 4.31 Å². The van der Waals surface area contributed by atoms with Crippen LogP contribution in [0.3, 0.4) is 0 Å². The highest BCUT2D eigenvalue weighted by atomic mass is 32.2. The molecule has 0 atom stereocenters. The Balaban J connectivity index is 3.09. The standard InChI is InChI=1S/C11H14N2O2S/c1-3-13(16(14,15)9-8-12)11-6-4-10(2)5-7-11/h4-7H,3,9H2,1-2H3. The zero-order valence-electron chi connectivity index (χ0n) is 9.34. The molecule has 0 spiro atoms. The number of sulfonamides is 1. The molecule has 86 valence electrons. The second kappa shape index (κ2) is 4.99. The minimum Gasteiger partial charge on any atom is -0.270 e. The summed E-state index contributed by atoms with van der Waals surface area (Å²) in [5.74, 6) is -0.491. The summed E-state index contributed by atoms with van der Waals surface area (Å²) in [4.78, 5) is 0. The van der Waals surface area contributed by atoms with Crippen LogP contribution in [0.1, 0.15) is 12.5 Å². The minimum absolute atomic E-state index is 0.326. The number of hydrogen-bond acceptors (Lipinski definition) is 3. The van der Waals surface area contributed by atoms with Gasteiger partial charge in [0.05, 0.1) is 11.8 Å². The van der Waals surface area contributed by atoms with Crippen molar-refractivity contribution in [2.24, 2.45) is 0 Å². The molecule has 4 nitrogen and oxygen atoms in total. The molecule has 0 aromatic heterocycles. The SMILES string of the molecule is CCN(c1ccc(C)cc1)S(=O)(=O)CC#N. The van der Waals surface area contributed by atoms with Gasteiger partial charge in [-0.05, 0) is 26.0 Å². The van der Waals surface area contributed by atoms with E-state index in [1.54, 1.807) is 25.1 Å². The summed E-state index contributed by atoms with van der Waals surface area (Å²) in [5, 5.41) is 8.48. The molecule has 0 radical (unpaired) electrons. The number of anilines is 1. The van der Waals surface area contributed by atoms with Crippen molar-refractivity contribution in [2.75, 3.05) is 16.6 Å².